The highest BCUT2D eigenvalue weighted by Gasteiger charge is 2.35. The predicted octanol–water partition coefficient (Wildman–Crippen LogP) is 4.74. The van der Waals surface area contributed by atoms with E-state index in [4.69, 9.17) is 0 Å². The number of para-hydroxylation sites is 1. The van der Waals surface area contributed by atoms with Gasteiger partial charge in [-0.05, 0) is 73.5 Å². The summed E-state index contributed by atoms with van der Waals surface area (Å²) in [5, 5.41) is 5.60. The standard InChI is InChI=1S/C30H34N4O5S/c1-3-18-33(19-4-2)40(38,39)27-16-14-25(15-17-27)31-29(36)22-10-12-24(13-11-22)32-30(37)23-20-28(35)34(21-23)26-8-6-5-7-9-26/h5-17,23H,3-4,18-21H2,1-2H3,(H,31,36)(H,32,37). The normalized spacial score (nSPS) is 15.3. The molecule has 3 aromatic rings. The van der Waals surface area contributed by atoms with Crippen LogP contribution in [-0.4, -0.2) is 50.1 Å². The summed E-state index contributed by atoms with van der Waals surface area (Å²) >= 11 is 0. The van der Waals surface area contributed by atoms with E-state index in [1.807, 2.05) is 44.2 Å². The number of sulfonamides is 1. The maximum Gasteiger partial charge on any atom is 0.255 e. The maximum absolute atomic E-state index is 12.9. The van der Waals surface area contributed by atoms with Crippen LogP contribution in [0.1, 0.15) is 43.5 Å². The molecule has 9 nitrogen and oxygen atoms in total. The third-order valence-corrected chi connectivity index (χ3v) is 8.59. The lowest BCUT2D eigenvalue weighted by Gasteiger charge is -2.21. The number of benzene rings is 3. The fraction of sp³-hybridized carbons (Fsp3) is 0.300. The molecular formula is C30H34N4O5S. The smallest absolute Gasteiger partial charge is 0.255 e. The number of anilines is 3. The van der Waals surface area contributed by atoms with Gasteiger partial charge in [0.2, 0.25) is 21.8 Å². The maximum atomic E-state index is 12.9. The number of carbonyl (C=O) groups is 3. The van der Waals surface area contributed by atoms with Crippen molar-refractivity contribution in [2.75, 3.05) is 35.2 Å². The lowest BCUT2D eigenvalue weighted by atomic mass is 10.1. The van der Waals surface area contributed by atoms with Gasteiger partial charge >= 0.3 is 0 Å². The predicted molar refractivity (Wildman–Crippen MR) is 156 cm³/mol. The van der Waals surface area contributed by atoms with Crippen molar-refractivity contribution in [2.45, 2.75) is 38.0 Å². The molecule has 1 aliphatic heterocycles. The summed E-state index contributed by atoms with van der Waals surface area (Å²) in [6.45, 7) is 5.10. The molecule has 4 rings (SSSR count). The van der Waals surface area contributed by atoms with E-state index in [1.165, 1.54) is 16.4 Å². The van der Waals surface area contributed by atoms with Gasteiger partial charge in [0, 0.05) is 48.7 Å². The topological polar surface area (TPSA) is 116 Å². The second kappa shape index (κ2) is 12.9. The molecular weight excluding hydrogens is 528 g/mol. The lowest BCUT2D eigenvalue weighted by Crippen LogP contribution is -2.32. The lowest BCUT2D eigenvalue weighted by molar-refractivity contribution is -0.122. The molecule has 0 spiro atoms. The van der Waals surface area contributed by atoms with E-state index in [-0.39, 0.29) is 29.0 Å². The van der Waals surface area contributed by atoms with Crippen LogP contribution in [0, 0.1) is 5.92 Å². The molecule has 0 bridgehead atoms. The second-order valence-electron chi connectivity index (χ2n) is 9.69. The minimum atomic E-state index is -3.60. The number of rotatable bonds is 11. The Hall–Kier alpha value is -4.02. The first-order chi connectivity index (χ1) is 19.2. The number of nitrogens with one attached hydrogen (secondary N) is 2. The molecule has 210 valence electrons. The number of carbonyl (C=O) groups excluding carboxylic acids is 3. The molecule has 3 aromatic carbocycles. The van der Waals surface area contributed by atoms with Crippen LogP contribution in [-0.2, 0) is 19.6 Å². The molecule has 1 saturated heterocycles. The highest BCUT2D eigenvalue weighted by atomic mass is 32.2. The summed E-state index contributed by atoms with van der Waals surface area (Å²) in [5.74, 6) is -1.19. The van der Waals surface area contributed by atoms with Crippen LogP contribution in [0.15, 0.2) is 83.8 Å². The molecule has 1 aliphatic rings. The fourth-order valence-electron chi connectivity index (χ4n) is 4.60. The number of amides is 3. The molecule has 1 unspecified atom stereocenters. The molecule has 10 heteroatoms. The zero-order valence-corrected chi connectivity index (χ0v) is 23.5. The van der Waals surface area contributed by atoms with Gasteiger partial charge in [-0.15, -0.1) is 0 Å². The minimum Gasteiger partial charge on any atom is -0.326 e. The van der Waals surface area contributed by atoms with E-state index >= 15 is 0 Å². The monoisotopic (exact) mass is 562 g/mol. The molecule has 0 saturated carbocycles. The average Bonchev–Trinajstić information content (AvgIpc) is 3.36. The van der Waals surface area contributed by atoms with E-state index in [9.17, 15) is 22.8 Å². The van der Waals surface area contributed by atoms with Gasteiger partial charge in [0.05, 0.1) is 10.8 Å². The van der Waals surface area contributed by atoms with Gasteiger partial charge in [0.25, 0.3) is 5.91 Å². The molecule has 40 heavy (non-hydrogen) atoms. The Bertz CT molecular complexity index is 1440. The van der Waals surface area contributed by atoms with Gasteiger partial charge in [0.1, 0.15) is 0 Å². The fourth-order valence-corrected chi connectivity index (χ4v) is 6.23. The first kappa shape index (κ1) is 29.0. The van der Waals surface area contributed by atoms with Crippen LogP contribution in [0.2, 0.25) is 0 Å². The Kier molecular flexibility index (Phi) is 9.34. The van der Waals surface area contributed by atoms with E-state index < -0.39 is 15.9 Å². The van der Waals surface area contributed by atoms with Gasteiger partial charge in [0.15, 0.2) is 0 Å². The Labute approximate surface area is 235 Å². The van der Waals surface area contributed by atoms with Crippen LogP contribution in [0.25, 0.3) is 0 Å². The van der Waals surface area contributed by atoms with Crippen molar-refractivity contribution >= 4 is 44.8 Å². The molecule has 0 aromatic heterocycles. The highest BCUT2D eigenvalue weighted by molar-refractivity contribution is 7.89. The number of hydrogen-bond donors (Lipinski definition) is 2. The van der Waals surface area contributed by atoms with Gasteiger partial charge in [-0.3, -0.25) is 14.4 Å². The van der Waals surface area contributed by atoms with Gasteiger partial charge in [-0.2, -0.15) is 4.31 Å². The van der Waals surface area contributed by atoms with Crippen molar-refractivity contribution in [2.24, 2.45) is 5.92 Å². The van der Waals surface area contributed by atoms with E-state index in [2.05, 4.69) is 10.6 Å². The Morgan fingerprint density at radius 3 is 2.02 bits per heavy atom. The Morgan fingerprint density at radius 2 is 1.43 bits per heavy atom. The molecule has 2 N–H and O–H groups in total. The van der Waals surface area contributed by atoms with Crippen molar-refractivity contribution in [3.05, 3.63) is 84.4 Å². The summed E-state index contributed by atoms with van der Waals surface area (Å²) in [7, 11) is -3.60. The molecule has 1 atom stereocenters. The molecule has 0 radical (unpaired) electrons. The van der Waals surface area contributed by atoms with Crippen molar-refractivity contribution in [3.8, 4) is 0 Å². The first-order valence-electron chi connectivity index (χ1n) is 13.4. The van der Waals surface area contributed by atoms with Gasteiger partial charge in [-0.25, -0.2) is 8.42 Å². The van der Waals surface area contributed by atoms with Gasteiger partial charge < -0.3 is 15.5 Å². The largest absolute Gasteiger partial charge is 0.326 e. The second-order valence-corrected chi connectivity index (χ2v) is 11.6. The summed E-state index contributed by atoms with van der Waals surface area (Å²) in [6, 6.07) is 21.8. The summed E-state index contributed by atoms with van der Waals surface area (Å²) < 4.78 is 27.4. The Morgan fingerprint density at radius 1 is 0.850 bits per heavy atom. The molecule has 1 fully saturated rings. The van der Waals surface area contributed by atoms with Crippen LogP contribution in [0.4, 0.5) is 17.1 Å². The van der Waals surface area contributed by atoms with Crippen molar-refractivity contribution in [1.29, 1.82) is 0 Å². The molecule has 1 heterocycles. The highest BCUT2D eigenvalue weighted by Crippen LogP contribution is 2.26. The summed E-state index contributed by atoms with van der Waals surface area (Å²) in [6.07, 6.45) is 1.59. The van der Waals surface area contributed by atoms with Crippen LogP contribution < -0.4 is 15.5 Å². The summed E-state index contributed by atoms with van der Waals surface area (Å²) in [4.78, 5) is 39.8. The minimum absolute atomic E-state index is 0.0942. The molecule has 3 amide bonds. The molecule has 0 aliphatic carbocycles. The van der Waals surface area contributed by atoms with Crippen LogP contribution in [0.5, 0.6) is 0 Å². The number of hydrogen-bond acceptors (Lipinski definition) is 5. The Balaban J connectivity index is 1.34. The van der Waals surface area contributed by atoms with E-state index in [1.54, 1.807) is 41.3 Å². The third-order valence-electron chi connectivity index (χ3n) is 6.67. The quantitative estimate of drug-likeness (QED) is 0.350. The van der Waals surface area contributed by atoms with E-state index in [0.29, 0.717) is 36.6 Å². The van der Waals surface area contributed by atoms with E-state index in [0.717, 1.165) is 18.5 Å². The zero-order valence-electron chi connectivity index (χ0n) is 22.7. The summed E-state index contributed by atoms with van der Waals surface area (Å²) in [5.41, 5.74) is 2.13. The van der Waals surface area contributed by atoms with Crippen LogP contribution >= 0.6 is 0 Å². The third kappa shape index (κ3) is 6.75. The number of nitrogens with zero attached hydrogens (tertiary/aromatic N) is 2. The van der Waals surface area contributed by atoms with Crippen molar-refractivity contribution < 1.29 is 22.8 Å². The van der Waals surface area contributed by atoms with Crippen LogP contribution in [0.3, 0.4) is 0 Å². The SMILES string of the molecule is CCCN(CCC)S(=O)(=O)c1ccc(NC(=O)c2ccc(NC(=O)C3CC(=O)N(c4ccccc4)C3)cc2)cc1. The zero-order chi connectivity index (χ0) is 28.7. The van der Waals surface area contributed by atoms with Gasteiger partial charge in [-0.1, -0.05) is 32.0 Å². The average molecular weight is 563 g/mol. The van der Waals surface area contributed by atoms with Crippen molar-refractivity contribution in [1.82, 2.24) is 4.31 Å². The first-order valence-corrected chi connectivity index (χ1v) is 14.8. The van der Waals surface area contributed by atoms with Crippen molar-refractivity contribution in [3.63, 3.8) is 0 Å².